The van der Waals surface area contributed by atoms with Crippen molar-refractivity contribution in [3.63, 3.8) is 0 Å². The fraction of sp³-hybridized carbons (Fsp3) is 0.235. The molecule has 0 fully saturated rings. The Morgan fingerprint density at radius 3 is 2.72 bits per heavy atom. The largest absolute Gasteiger partial charge is 0.346 e. The summed E-state index contributed by atoms with van der Waals surface area (Å²) in [7, 11) is 0. The molecule has 0 aliphatic carbocycles. The maximum atomic E-state index is 12.3. The van der Waals surface area contributed by atoms with Crippen molar-refractivity contribution in [2.24, 2.45) is 0 Å². The first-order chi connectivity index (χ1) is 12.0. The summed E-state index contributed by atoms with van der Waals surface area (Å²) in [5.41, 5.74) is 3.05. The third-order valence-electron chi connectivity index (χ3n) is 3.71. The number of aromatic nitrogens is 4. The van der Waals surface area contributed by atoms with Crippen LogP contribution < -0.4 is 5.32 Å². The zero-order valence-electron chi connectivity index (χ0n) is 13.8. The first-order valence-corrected chi connectivity index (χ1v) is 8.94. The zero-order valence-corrected chi connectivity index (χ0v) is 16.1. The minimum Gasteiger partial charge on any atom is -0.346 e. The van der Waals surface area contributed by atoms with Crippen molar-refractivity contribution in [1.82, 2.24) is 25.3 Å². The predicted octanol–water partition coefficient (Wildman–Crippen LogP) is 4.06. The number of halogens is 2. The van der Waals surface area contributed by atoms with E-state index in [1.807, 2.05) is 32.2 Å². The summed E-state index contributed by atoms with van der Waals surface area (Å²) in [4.78, 5) is 12.3. The third kappa shape index (κ3) is 3.93. The number of carbonyl (C=O) groups is 1. The molecular formula is C17H17BrClN5O. The number of nitrogens with one attached hydrogen (secondary N) is 2. The van der Waals surface area contributed by atoms with Crippen molar-refractivity contribution in [3.8, 4) is 5.69 Å². The standard InChI is InChI=1S/C17H17BrClN5O/c1-10(2)15-14(18)16(23-22-15)17(25)20-7-11-8-21-24(9-11)13-5-3-12(19)4-6-13/h3-6,8-10H,7H2,1-2H3,(H,20,25)(H,22,23). The monoisotopic (exact) mass is 421 g/mol. The van der Waals surface area contributed by atoms with E-state index in [9.17, 15) is 4.79 Å². The van der Waals surface area contributed by atoms with Crippen LogP contribution in [-0.4, -0.2) is 25.9 Å². The number of rotatable bonds is 5. The van der Waals surface area contributed by atoms with E-state index in [1.54, 1.807) is 23.0 Å². The molecule has 3 rings (SSSR count). The summed E-state index contributed by atoms with van der Waals surface area (Å²) >= 11 is 9.33. The van der Waals surface area contributed by atoms with E-state index in [0.717, 1.165) is 16.9 Å². The Morgan fingerprint density at radius 2 is 2.08 bits per heavy atom. The molecule has 0 atom stereocenters. The molecule has 0 aliphatic rings. The number of carbonyl (C=O) groups excluding carboxylic acids is 1. The van der Waals surface area contributed by atoms with E-state index in [1.165, 1.54) is 0 Å². The van der Waals surface area contributed by atoms with Crippen molar-refractivity contribution < 1.29 is 4.79 Å². The van der Waals surface area contributed by atoms with Crippen molar-refractivity contribution in [2.75, 3.05) is 0 Å². The minimum absolute atomic E-state index is 0.241. The Labute approximate surface area is 158 Å². The highest BCUT2D eigenvalue weighted by Gasteiger charge is 2.19. The van der Waals surface area contributed by atoms with Gasteiger partial charge >= 0.3 is 0 Å². The number of amides is 1. The second kappa shape index (κ2) is 7.41. The fourth-order valence-electron chi connectivity index (χ4n) is 2.33. The molecule has 2 heterocycles. The maximum absolute atomic E-state index is 12.3. The number of aromatic amines is 1. The Hall–Kier alpha value is -2.12. The van der Waals surface area contributed by atoms with Crippen LogP contribution in [0.25, 0.3) is 5.69 Å². The van der Waals surface area contributed by atoms with Gasteiger partial charge in [0, 0.05) is 23.3 Å². The molecule has 0 saturated heterocycles. The Morgan fingerprint density at radius 1 is 1.36 bits per heavy atom. The first-order valence-electron chi connectivity index (χ1n) is 7.77. The average molecular weight is 423 g/mol. The fourth-order valence-corrected chi connectivity index (χ4v) is 3.27. The van der Waals surface area contributed by atoms with Crippen LogP contribution in [0.2, 0.25) is 5.02 Å². The smallest absolute Gasteiger partial charge is 0.273 e. The van der Waals surface area contributed by atoms with E-state index in [4.69, 9.17) is 11.6 Å². The van der Waals surface area contributed by atoms with Crippen LogP contribution in [0.1, 0.15) is 41.5 Å². The van der Waals surface area contributed by atoms with Crippen molar-refractivity contribution in [3.05, 3.63) is 63.1 Å². The molecule has 0 spiro atoms. The molecule has 0 saturated carbocycles. The van der Waals surface area contributed by atoms with Crippen molar-refractivity contribution in [2.45, 2.75) is 26.3 Å². The van der Waals surface area contributed by atoms with Crippen LogP contribution in [0.4, 0.5) is 0 Å². The van der Waals surface area contributed by atoms with Gasteiger partial charge in [0.15, 0.2) is 5.69 Å². The van der Waals surface area contributed by atoms with Crippen molar-refractivity contribution >= 4 is 33.4 Å². The number of hydrogen-bond donors (Lipinski definition) is 2. The Kier molecular flexibility index (Phi) is 5.24. The van der Waals surface area contributed by atoms with Gasteiger partial charge in [-0.2, -0.15) is 10.2 Å². The van der Waals surface area contributed by atoms with E-state index >= 15 is 0 Å². The van der Waals surface area contributed by atoms with Crippen LogP contribution in [0.15, 0.2) is 41.1 Å². The summed E-state index contributed by atoms with van der Waals surface area (Å²) in [6.45, 7) is 4.43. The molecule has 1 amide bonds. The molecular weight excluding hydrogens is 406 g/mol. The lowest BCUT2D eigenvalue weighted by atomic mass is 10.1. The Balaban J connectivity index is 1.66. The predicted molar refractivity (Wildman–Crippen MR) is 100 cm³/mol. The van der Waals surface area contributed by atoms with Gasteiger partial charge in [0.25, 0.3) is 5.91 Å². The van der Waals surface area contributed by atoms with Crippen LogP contribution >= 0.6 is 27.5 Å². The summed E-state index contributed by atoms with van der Waals surface area (Å²) in [5.74, 6) is 0.00954. The van der Waals surface area contributed by atoms with Gasteiger partial charge in [-0.25, -0.2) is 4.68 Å². The molecule has 3 aromatic rings. The molecule has 6 nitrogen and oxygen atoms in total. The van der Waals surface area contributed by atoms with Gasteiger partial charge in [0.1, 0.15) is 0 Å². The number of nitrogens with zero attached hydrogens (tertiary/aromatic N) is 3. The lowest BCUT2D eigenvalue weighted by molar-refractivity contribution is 0.0945. The molecule has 2 aromatic heterocycles. The highest BCUT2D eigenvalue weighted by atomic mass is 79.9. The molecule has 0 bridgehead atoms. The molecule has 130 valence electrons. The van der Waals surface area contributed by atoms with E-state index in [2.05, 4.69) is 36.5 Å². The molecule has 2 N–H and O–H groups in total. The quantitative estimate of drug-likeness (QED) is 0.651. The maximum Gasteiger partial charge on any atom is 0.273 e. The highest BCUT2D eigenvalue weighted by molar-refractivity contribution is 9.10. The summed E-state index contributed by atoms with van der Waals surface area (Å²) < 4.78 is 2.44. The molecule has 1 aromatic carbocycles. The van der Waals surface area contributed by atoms with Gasteiger partial charge in [-0.05, 0) is 46.1 Å². The normalized spacial score (nSPS) is 11.1. The van der Waals surface area contributed by atoms with Gasteiger partial charge in [-0.15, -0.1) is 0 Å². The van der Waals surface area contributed by atoms with Gasteiger partial charge in [0.05, 0.1) is 22.1 Å². The van der Waals surface area contributed by atoms with Crippen molar-refractivity contribution in [1.29, 1.82) is 0 Å². The van der Waals surface area contributed by atoms with E-state index in [-0.39, 0.29) is 11.8 Å². The molecule has 0 aliphatic heterocycles. The zero-order chi connectivity index (χ0) is 18.0. The molecule has 0 unspecified atom stereocenters. The number of benzene rings is 1. The van der Waals surface area contributed by atoms with Gasteiger partial charge in [0.2, 0.25) is 0 Å². The van der Waals surface area contributed by atoms with Crippen LogP contribution in [0, 0.1) is 0 Å². The topological polar surface area (TPSA) is 75.6 Å². The second-order valence-electron chi connectivity index (χ2n) is 5.91. The summed E-state index contributed by atoms with van der Waals surface area (Å²) in [5, 5.41) is 14.8. The summed E-state index contributed by atoms with van der Waals surface area (Å²) in [6.07, 6.45) is 3.58. The second-order valence-corrected chi connectivity index (χ2v) is 7.14. The van der Waals surface area contributed by atoms with E-state index < -0.39 is 0 Å². The lowest BCUT2D eigenvalue weighted by Gasteiger charge is -2.03. The molecule has 0 radical (unpaired) electrons. The number of hydrogen-bond acceptors (Lipinski definition) is 3. The number of H-pyrrole nitrogens is 1. The third-order valence-corrected chi connectivity index (χ3v) is 4.76. The molecule has 25 heavy (non-hydrogen) atoms. The Bertz CT molecular complexity index is 885. The van der Waals surface area contributed by atoms with Crippen LogP contribution in [-0.2, 0) is 6.54 Å². The first kappa shape index (κ1) is 17.7. The lowest BCUT2D eigenvalue weighted by Crippen LogP contribution is -2.23. The van der Waals surface area contributed by atoms with Gasteiger partial charge < -0.3 is 5.32 Å². The van der Waals surface area contributed by atoms with Crippen LogP contribution in [0.5, 0.6) is 0 Å². The SMILES string of the molecule is CC(C)c1[nH]nc(C(=O)NCc2cnn(-c3ccc(Cl)cc3)c2)c1Br. The van der Waals surface area contributed by atoms with Gasteiger partial charge in [-0.3, -0.25) is 9.89 Å². The average Bonchev–Trinajstić information content (AvgIpc) is 3.20. The van der Waals surface area contributed by atoms with Gasteiger partial charge in [-0.1, -0.05) is 25.4 Å². The van der Waals surface area contributed by atoms with Crippen LogP contribution in [0.3, 0.4) is 0 Å². The minimum atomic E-state index is -0.241. The highest BCUT2D eigenvalue weighted by Crippen LogP contribution is 2.25. The molecule has 8 heteroatoms. The van der Waals surface area contributed by atoms with E-state index in [0.29, 0.717) is 21.7 Å². The summed E-state index contributed by atoms with van der Waals surface area (Å²) in [6, 6.07) is 7.38.